The van der Waals surface area contributed by atoms with Gasteiger partial charge in [-0.3, -0.25) is 4.79 Å². The van der Waals surface area contributed by atoms with Crippen LogP contribution in [0.4, 0.5) is 0 Å². The highest BCUT2D eigenvalue weighted by molar-refractivity contribution is 7.10. The molecule has 1 unspecified atom stereocenters. The van der Waals surface area contributed by atoms with Crippen molar-refractivity contribution in [3.8, 4) is 0 Å². The number of hydrogen-bond acceptors (Lipinski definition) is 3. The lowest BCUT2D eigenvalue weighted by molar-refractivity contribution is -0.139. The van der Waals surface area contributed by atoms with Crippen molar-refractivity contribution >= 4 is 34.8 Å². The Kier molecular flexibility index (Phi) is 4.46. The second kappa shape index (κ2) is 6.11. The van der Waals surface area contributed by atoms with Crippen molar-refractivity contribution in [3.05, 3.63) is 45.4 Å². The third kappa shape index (κ3) is 3.02. The lowest BCUT2D eigenvalue weighted by atomic mass is 10.2. The van der Waals surface area contributed by atoms with Gasteiger partial charge in [-0.15, -0.1) is 11.3 Å². The standard InChI is InChI=1S/C13H13ClN2O3S/c1-2-16-7-8(14)6-9(16)12(17)15-11(13(18)19)10-4-3-5-20-10/h3-7,11H,2H2,1H3,(H,15,17)(H,18,19). The summed E-state index contributed by atoms with van der Waals surface area (Å²) in [5, 5.41) is 14.0. The maximum atomic E-state index is 12.2. The number of hydrogen-bond donors (Lipinski definition) is 2. The molecule has 2 aromatic rings. The largest absolute Gasteiger partial charge is 0.479 e. The van der Waals surface area contributed by atoms with Crippen molar-refractivity contribution in [1.82, 2.24) is 9.88 Å². The van der Waals surface area contributed by atoms with Crippen LogP contribution in [0.3, 0.4) is 0 Å². The molecule has 0 radical (unpaired) electrons. The van der Waals surface area contributed by atoms with E-state index < -0.39 is 17.9 Å². The average Bonchev–Trinajstić information content (AvgIpc) is 3.04. The van der Waals surface area contributed by atoms with E-state index in [1.165, 1.54) is 17.4 Å². The molecule has 0 spiro atoms. The Bertz CT molecular complexity index is 622. The van der Waals surface area contributed by atoms with Crippen LogP contribution in [0.15, 0.2) is 29.8 Å². The molecule has 2 rings (SSSR count). The molecule has 0 aromatic carbocycles. The first-order valence-electron chi connectivity index (χ1n) is 5.95. The number of aryl methyl sites for hydroxylation is 1. The van der Waals surface area contributed by atoms with Gasteiger partial charge in [0, 0.05) is 17.6 Å². The molecule has 2 heterocycles. The quantitative estimate of drug-likeness (QED) is 0.891. The van der Waals surface area contributed by atoms with Crippen LogP contribution < -0.4 is 5.32 Å². The first-order chi connectivity index (χ1) is 9.52. The summed E-state index contributed by atoms with van der Waals surface area (Å²) >= 11 is 7.16. The van der Waals surface area contributed by atoms with Gasteiger partial charge >= 0.3 is 5.97 Å². The Morgan fingerprint density at radius 2 is 2.30 bits per heavy atom. The summed E-state index contributed by atoms with van der Waals surface area (Å²) in [4.78, 5) is 24.1. The lowest BCUT2D eigenvalue weighted by Gasteiger charge is -2.13. The summed E-state index contributed by atoms with van der Waals surface area (Å²) in [5.41, 5.74) is 0.348. The van der Waals surface area contributed by atoms with Crippen molar-refractivity contribution in [2.45, 2.75) is 19.5 Å². The number of halogens is 1. The molecule has 2 aromatic heterocycles. The van der Waals surface area contributed by atoms with E-state index >= 15 is 0 Å². The van der Waals surface area contributed by atoms with E-state index in [2.05, 4.69) is 5.32 Å². The Labute approximate surface area is 124 Å². The van der Waals surface area contributed by atoms with Crippen LogP contribution >= 0.6 is 22.9 Å². The van der Waals surface area contributed by atoms with Crippen molar-refractivity contribution in [2.24, 2.45) is 0 Å². The molecule has 0 bridgehead atoms. The second-order valence-electron chi connectivity index (χ2n) is 4.09. The normalized spacial score (nSPS) is 12.1. The molecular formula is C13H13ClN2O3S. The molecule has 0 aliphatic carbocycles. The Balaban J connectivity index is 2.23. The number of carboxylic acids is 1. The van der Waals surface area contributed by atoms with Crippen LogP contribution in [-0.4, -0.2) is 21.6 Å². The molecule has 0 saturated carbocycles. The summed E-state index contributed by atoms with van der Waals surface area (Å²) in [6.07, 6.45) is 1.64. The molecule has 1 amide bonds. The Morgan fingerprint density at radius 3 is 2.85 bits per heavy atom. The summed E-state index contributed by atoms with van der Waals surface area (Å²) in [6, 6.07) is 3.89. The predicted octanol–water partition coefficient (Wildman–Crippen LogP) is 2.78. The number of aliphatic carboxylic acids is 1. The van der Waals surface area contributed by atoms with Gasteiger partial charge in [-0.1, -0.05) is 17.7 Å². The molecule has 5 nitrogen and oxygen atoms in total. The molecule has 0 aliphatic heterocycles. The molecule has 0 fully saturated rings. The number of nitrogens with one attached hydrogen (secondary N) is 1. The fourth-order valence-corrected chi connectivity index (χ4v) is 2.83. The number of carbonyl (C=O) groups excluding carboxylic acids is 1. The summed E-state index contributed by atoms with van der Waals surface area (Å²) < 4.78 is 1.67. The van der Waals surface area contributed by atoms with Gasteiger partial charge in [0.15, 0.2) is 6.04 Å². The van der Waals surface area contributed by atoms with Gasteiger partial charge < -0.3 is 15.0 Å². The van der Waals surface area contributed by atoms with E-state index in [9.17, 15) is 14.7 Å². The van der Waals surface area contributed by atoms with E-state index in [0.29, 0.717) is 22.1 Å². The van der Waals surface area contributed by atoms with Crippen LogP contribution in [0.5, 0.6) is 0 Å². The number of rotatable bonds is 5. The topological polar surface area (TPSA) is 71.3 Å². The van der Waals surface area contributed by atoms with Crippen molar-refractivity contribution in [2.75, 3.05) is 0 Å². The smallest absolute Gasteiger partial charge is 0.331 e. The van der Waals surface area contributed by atoms with Crippen molar-refractivity contribution in [1.29, 1.82) is 0 Å². The van der Waals surface area contributed by atoms with Gasteiger partial charge in [0.05, 0.1) is 5.02 Å². The van der Waals surface area contributed by atoms with Gasteiger partial charge in [-0.2, -0.15) is 0 Å². The maximum Gasteiger partial charge on any atom is 0.331 e. The fraction of sp³-hybridized carbons (Fsp3) is 0.231. The molecule has 1 atom stereocenters. The predicted molar refractivity (Wildman–Crippen MR) is 77.3 cm³/mol. The summed E-state index contributed by atoms with van der Waals surface area (Å²) in [5.74, 6) is -1.55. The molecule has 2 N–H and O–H groups in total. The summed E-state index contributed by atoms with van der Waals surface area (Å²) in [7, 11) is 0. The van der Waals surface area contributed by atoms with E-state index in [4.69, 9.17) is 11.6 Å². The van der Waals surface area contributed by atoms with Crippen LogP contribution in [0.25, 0.3) is 0 Å². The van der Waals surface area contributed by atoms with Crippen LogP contribution in [0.2, 0.25) is 5.02 Å². The van der Waals surface area contributed by atoms with E-state index in [0.717, 1.165) is 0 Å². The van der Waals surface area contributed by atoms with Gasteiger partial charge in [0.2, 0.25) is 0 Å². The lowest BCUT2D eigenvalue weighted by Crippen LogP contribution is -2.34. The highest BCUT2D eigenvalue weighted by Crippen LogP contribution is 2.21. The molecule has 20 heavy (non-hydrogen) atoms. The van der Waals surface area contributed by atoms with Crippen LogP contribution in [0, 0.1) is 0 Å². The Hall–Kier alpha value is -1.79. The monoisotopic (exact) mass is 312 g/mol. The minimum absolute atomic E-state index is 0.348. The van der Waals surface area contributed by atoms with Gasteiger partial charge in [-0.05, 0) is 24.4 Å². The number of carbonyl (C=O) groups is 2. The average molecular weight is 313 g/mol. The summed E-state index contributed by atoms with van der Waals surface area (Å²) in [6.45, 7) is 2.45. The number of amides is 1. The van der Waals surface area contributed by atoms with Gasteiger partial charge in [-0.25, -0.2) is 4.79 Å². The van der Waals surface area contributed by atoms with E-state index in [-0.39, 0.29) is 0 Å². The van der Waals surface area contributed by atoms with Crippen LogP contribution in [0.1, 0.15) is 28.3 Å². The van der Waals surface area contributed by atoms with E-state index in [1.807, 2.05) is 6.92 Å². The van der Waals surface area contributed by atoms with Crippen LogP contribution in [-0.2, 0) is 11.3 Å². The number of nitrogens with zero attached hydrogens (tertiary/aromatic N) is 1. The van der Waals surface area contributed by atoms with E-state index in [1.54, 1.807) is 28.3 Å². The maximum absolute atomic E-state index is 12.2. The van der Waals surface area contributed by atoms with Crippen molar-refractivity contribution in [3.63, 3.8) is 0 Å². The number of carboxylic acid groups (broad SMARTS) is 1. The second-order valence-corrected chi connectivity index (χ2v) is 5.51. The zero-order valence-corrected chi connectivity index (χ0v) is 12.2. The minimum atomic E-state index is -1.10. The minimum Gasteiger partial charge on any atom is -0.479 e. The molecule has 0 aliphatic rings. The van der Waals surface area contributed by atoms with Gasteiger partial charge in [0.1, 0.15) is 5.69 Å². The van der Waals surface area contributed by atoms with Crippen molar-refractivity contribution < 1.29 is 14.7 Å². The fourth-order valence-electron chi connectivity index (χ4n) is 1.84. The highest BCUT2D eigenvalue weighted by atomic mass is 35.5. The highest BCUT2D eigenvalue weighted by Gasteiger charge is 2.24. The molecular weight excluding hydrogens is 300 g/mol. The van der Waals surface area contributed by atoms with Gasteiger partial charge in [0.25, 0.3) is 5.91 Å². The molecule has 106 valence electrons. The molecule has 0 saturated heterocycles. The number of thiophene rings is 1. The first kappa shape index (κ1) is 14.6. The zero-order valence-electron chi connectivity index (χ0n) is 10.7. The third-order valence-electron chi connectivity index (χ3n) is 2.79. The zero-order chi connectivity index (χ0) is 14.7. The number of aromatic nitrogens is 1. The Morgan fingerprint density at radius 1 is 1.55 bits per heavy atom. The molecule has 7 heteroatoms. The third-order valence-corrected chi connectivity index (χ3v) is 3.93. The first-order valence-corrected chi connectivity index (χ1v) is 7.21. The SMILES string of the molecule is CCn1cc(Cl)cc1C(=O)NC(C(=O)O)c1cccs1.